The molecule has 8 aromatic carbocycles. The van der Waals surface area contributed by atoms with Crippen LogP contribution in [-0.2, 0) is 0 Å². The Hall–Kier alpha value is -5.46. The average molecular weight is 533 g/mol. The fourth-order valence-corrected chi connectivity index (χ4v) is 6.59. The van der Waals surface area contributed by atoms with E-state index in [0.717, 1.165) is 0 Å². The zero-order valence-corrected chi connectivity index (χ0v) is 23.2. The number of hydrogen-bond donors (Lipinski definition) is 0. The summed E-state index contributed by atoms with van der Waals surface area (Å²) in [4.78, 5) is 0. The predicted molar refractivity (Wildman–Crippen MR) is 181 cm³/mol. The van der Waals surface area contributed by atoms with Crippen LogP contribution in [0.3, 0.4) is 0 Å². The quantitative estimate of drug-likeness (QED) is 0.198. The van der Waals surface area contributed by atoms with Gasteiger partial charge in [0.15, 0.2) is 0 Å². The number of hydrogen-bond acceptors (Lipinski definition) is 0. The molecule has 196 valence electrons. The molecule has 42 heavy (non-hydrogen) atoms. The first-order valence-electron chi connectivity index (χ1n) is 14.5. The molecule has 0 fully saturated rings. The third-order valence-electron chi connectivity index (χ3n) is 8.42. The summed E-state index contributed by atoms with van der Waals surface area (Å²) in [5, 5.41) is 7.53. The van der Waals surface area contributed by atoms with Gasteiger partial charge in [0, 0.05) is 0 Å². The molecule has 0 aliphatic carbocycles. The third-order valence-corrected chi connectivity index (χ3v) is 8.42. The minimum absolute atomic E-state index is 1.21. The maximum Gasteiger partial charge on any atom is -0.00137 e. The van der Waals surface area contributed by atoms with Crippen molar-refractivity contribution in [3.63, 3.8) is 0 Å². The van der Waals surface area contributed by atoms with Crippen molar-refractivity contribution in [2.24, 2.45) is 0 Å². The highest BCUT2D eigenvalue weighted by Gasteiger charge is 2.25. The molecule has 0 nitrogen and oxygen atoms in total. The molecule has 0 saturated carbocycles. The SMILES string of the molecule is c1ccc(-c2c(-c3ccccc3)c(-c3cccc4ccccc34)c3cc4ccccc4cc3c2-c2ccccc2)cc1. The molecule has 0 N–H and O–H groups in total. The highest BCUT2D eigenvalue weighted by molar-refractivity contribution is 6.22. The molecule has 8 rings (SSSR count). The second kappa shape index (κ2) is 10.2. The summed E-state index contributed by atoms with van der Waals surface area (Å²) in [5.41, 5.74) is 9.97. The molecule has 0 saturated heterocycles. The second-order valence-electron chi connectivity index (χ2n) is 10.9. The monoisotopic (exact) mass is 532 g/mol. The van der Waals surface area contributed by atoms with Crippen LogP contribution >= 0.6 is 0 Å². The Morgan fingerprint density at radius 1 is 0.238 bits per heavy atom. The highest BCUT2D eigenvalue weighted by atomic mass is 14.3. The number of fused-ring (bicyclic) bond motifs is 3. The zero-order chi connectivity index (χ0) is 27.9. The molecule has 0 heterocycles. The molecular formula is C42H28. The van der Waals surface area contributed by atoms with Gasteiger partial charge in [-0.15, -0.1) is 0 Å². The Kier molecular flexibility index (Phi) is 5.90. The van der Waals surface area contributed by atoms with Gasteiger partial charge in [-0.2, -0.15) is 0 Å². The van der Waals surface area contributed by atoms with Gasteiger partial charge >= 0.3 is 0 Å². The molecule has 0 spiro atoms. The first-order valence-corrected chi connectivity index (χ1v) is 14.5. The summed E-state index contributed by atoms with van der Waals surface area (Å²) in [6.07, 6.45) is 0. The summed E-state index contributed by atoms with van der Waals surface area (Å²) in [5.74, 6) is 0. The van der Waals surface area contributed by atoms with Crippen LogP contribution in [0.25, 0.3) is 76.8 Å². The van der Waals surface area contributed by atoms with E-state index in [2.05, 4.69) is 170 Å². The van der Waals surface area contributed by atoms with Gasteiger partial charge in [-0.1, -0.05) is 158 Å². The van der Waals surface area contributed by atoms with Gasteiger partial charge in [-0.05, 0) is 89.0 Å². The number of rotatable bonds is 4. The van der Waals surface area contributed by atoms with Gasteiger partial charge < -0.3 is 0 Å². The van der Waals surface area contributed by atoms with E-state index in [-0.39, 0.29) is 0 Å². The zero-order valence-electron chi connectivity index (χ0n) is 23.2. The molecule has 0 bridgehead atoms. The van der Waals surface area contributed by atoms with Gasteiger partial charge in [-0.25, -0.2) is 0 Å². The van der Waals surface area contributed by atoms with Crippen LogP contribution in [0.15, 0.2) is 170 Å². The van der Waals surface area contributed by atoms with Gasteiger partial charge in [0.05, 0.1) is 0 Å². The Labute approximate surface area is 246 Å². The maximum atomic E-state index is 2.41. The van der Waals surface area contributed by atoms with Crippen molar-refractivity contribution in [3.8, 4) is 44.5 Å². The van der Waals surface area contributed by atoms with Crippen LogP contribution in [0.4, 0.5) is 0 Å². The first-order chi connectivity index (χ1) is 20.9. The van der Waals surface area contributed by atoms with Gasteiger partial charge in [-0.3, -0.25) is 0 Å². The van der Waals surface area contributed by atoms with E-state index in [1.165, 1.54) is 76.8 Å². The second-order valence-corrected chi connectivity index (χ2v) is 10.9. The van der Waals surface area contributed by atoms with Crippen molar-refractivity contribution in [1.29, 1.82) is 0 Å². The van der Waals surface area contributed by atoms with E-state index >= 15 is 0 Å². The molecule has 0 heteroatoms. The molecule has 0 aliphatic rings. The van der Waals surface area contributed by atoms with Crippen molar-refractivity contribution >= 4 is 32.3 Å². The largest absolute Gasteiger partial charge is 0.0622 e. The third kappa shape index (κ3) is 4.00. The average Bonchev–Trinajstić information content (AvgIpc) is 3.07. The molecule has 0 aromatic heterocycles. The van der Waals surface area contributed by atoms with Gasteiger partial charge in [0.2, 0.25) is 0 Å². The van der Waals surface area contributed by atoms with E-state index in [4.69, 9.17) is 0 Å². The topological polar surface area (TPSA) is 0 Å². The lowest BCUT2D eigenvalue weighted by Crippen LogP contribution is -1.98. The molecular weight excluding hydrogens is 504 g/mol. The fraction of sp³-hybridized carbons (Fsp3) is 0. The van der Waals surface area contributed by atoms with Crippen LogP contribution < -0.4 is 0 Å². The van der Waals surface area contributed by atoms with E-state index in [9.17, 15) is 0 Å². The van der Waals surface area contributed by atoms with Gasteiger partial charge in [0.1, 0.15) is 0 Å². The Balaban J connectivity index is 1.69. The number of benzene rings is 8. The molecule has 0 aliphatic heterocycles. The van der Waals surface area contributed by atoms with Crippen molar-refractivity contribution in [1.82, 2.24) is 0 Å². The van der Waals surface area contributed by atoms with Crippen LogP contribution in [0.2, 0.25) is 0 Å². The highest BCUT2D eigenvalue weighted by Crippen LogP contribution is 2.52. The Bertz CT molecular complexity index is 2200. The summed E-state index contributed by atoms with van der Waals surface area (Å²) in [6, 6.07) is 61.8. The minimum Gasteiger partial charge on any atom is -0.0622 e. The first kappa shape index (κ1) is 24.3. The lowest BCUT2D eigenvalue weighted by Gasteiger charge is -2.25. The van der Waals surface area contributed by atoms with Gasteiger partial charge in [0.25, 0.3) is 0 Å². The molecule has 0 unspecified atom stereocenters. The maximum absolute atomic E-state index is 2.41. The summed E-state index contributed by atoms with van der Waals surface area (Å²) in [6.45, 7) is 0. The summed E-state index contributed by atoms with van der Waals surface area (Å²) in [7, 11) is 0. The Morgan fingerprint density at radius 3 is 1.21 bits per heavy atom. The Morgan fingerprint density at radius 2 is 0.643 bits per heavy atom. The lowest BCUT2D eigenvalue weighted by molar-refractivity contribution is 1.58. The van der Waals surface area contributed by atoms with E-state index in [1.54, 1.807) is 0 Å². The standard InChI is InChI=1S/C42H28/c1-4-16-30(17-5-1)39-37-27-33-22-10-11-23-34(33)28-38(37)42(36-26-14-24-29-15-12-13-25-35(29)36)41(32-20-8-3-9-21-32)40(39)31-18-6-2-7-19-31/h1-28H. The van der Waals surface area contributed by atoms with Crippen LogP contribution in [0, 0.1) is 0 Å². The van der Waals surface area contributed by atoms with Crippen LogP contribution in [0.1, 0.15) is 0 Å². The molecule has 0 amide bonds. The summed E-state index contributed by atoms with van der Waals surface area (Å²) >= 11 is 0. The smallest absolute Gasteiger partial charge is 0.00137 e. The van der Waals surface area contributed by atoms with Crippen LogP contribution in [-0.4, -0.2) is 0 Å². The van der Waals surface area contributed by atoms with Crippen molar-refractivity contribution in [3.05, 3.63) is 170 Å². The molecule has 0 radical (unpaired) electrons. The van der Waals surface area contributed by atoms with E-state index in [0.29, 0.717) is 0 Å². The van der Waals surface area contributed by atoms with Crippen molar-refractivity contribution < 1.29 is 0 Å². The minimum atomic E-state index is 1.21. The van der Waals surface area contributed by atoms with Crippen molar-refractivity contribution in [2.75, 3.05) is 0 Å². The lowest BCUT2D eigenvalue weighted by atomic mass is 9.78. The van der Waals surface area contributed by atoms with Crippen LogP contribution in [0.5, 0.6) is 0 Å². The van der Waals surface area contributed by atoms with Crippen molar-refractivity contribution in [2.45, 2.75) is 0 Å². The predicted octanol–water partition coefficient (Wildman–Crippen LogP) is 11.8. The van der Waals surface area contributed by atoms with E-state index < -0.39 is 0 Å². The normalized spacial score (nSPS) is 11.3. The van der Waals surface area contributed by atoms with E-state index in [1.807, 2.05) is 0 Å². The summed E-state index contributed by atoms with van der Waals surface area (Å²) < 4.78 is 0. The fourth-order valence-electron chi connectivity index (χ4n) is 6.59. The molecule has 8 aromatic rings. The molecule has 0 atom stereocenters.